The molecule has 0 spiro atoms. The van der Waals surface area contributed by atoms with Crippen LogP contribution in [0.4, 0.5) is 5.69 Å². The summed E-state index contributed by atoms with van der Waals surface area (Å²) < 4.78 is 11.0. The highest BCUT2D eigenvalue weighted by molar-refractivity contribution is 7.51. The summed E-state index contributed by atoms with van der Waals surface area (Å²) in [5.41, 5.74) is 2.47. The van der Waals surface area contributed by atoms with Crippen LogP contribution in [0.25, 0.3) is 11.0 Å². The molecule has 0 fully saturated rings. The minimum Gasteiger partial charge on any atom is -0.480 e. The fraction of sp³-hybridized carbons (Fsp3) is 0.333. The van der Waals surface area contributed by atoms with Crippen LogP contribution in [-0.4, -0.2) is 43.0 Å². The summed E-state index contributed by atoms with van der Waals surface area (Å²) in [6.07, 6.45) is 1.41. The molecule has 0 aliphatic heterocycles. The highest BCUT2D eigenvalue weighted by Crippen LogP contribution is 2.35. The third-order valence-corrected chi connectivity index (χ3v) is 3.82. The lowest BCUT2D eigenvalue weighted by Gasteiger charge is -2.13. The molecule has 114 valence electrons. The summed E-state index contributed by atoms with van der Waals surface area (Å²) in [7, 11) is -4.08. The first-order valence-electron chi connectivity index (χ1n) is 6.26. The summed E-state index contributed by atoms with van der Waals surface area (Å²) in [5, 5.41) is 11.8. The highest BCUT2D eigenvalue weighted by Gasteiger charge is 2.16. The first-order chi connectivity index (χ1) is 9.76. The molecule has 0 saturated carbocycles. The number of carboxylic acid groups (broad SMARTS) is 1. The van der Waals surface area contributed by atoms with Crippen LogP contribution in [-0.2, 0) is 15.8 Å². The molecule has 21 heavy (non-hydrogen) atoms. The van der Waals surface area contributed by atoms with E-state index in [2.05, 4.69) is 15.3 Å². The summed E-state index contributed by atoms with van der Waals surface area (Å²) in [4.78, 5) is 35.8. The van der Waals surface area contributed by atoms with Crippen molar-refractivity contribution in [3.05, 3.63) is 24.0 Å². The van der Waals surface area contributed by atoms with E-state index in [0.717, 1.165) is 0 Å². The van der Waals surface area contributed by atoms with Gasteiger partial charge in [-0.3, -0.25) is 9.36 Å². The Balaban J connectivity index is 2.32. The van der Waals surface area contributed by atoms with E-state index in [9.17, 15) is 9.36 Å². The Labute approximate surface area is 120 Å². The number of rotatable bonds is 6. The lowest BCUT2D eigenvalue weighted by Crippen LogP contribution is -2.25. The van der Waals surface area contributed by atoms with Crippen LogP contribution < -0.4 is 5.32 Å². The maximum absolute atomic E-state index is 11.0. The molecule has 1 heterocycles. The number of hydrogen-bond acceptors (Lipinski definition) is 4. The predicted molar refractivity (Wildman–Crippen MR) is 77.4 cm³/mol. The van der Waals surface area contributed by atoms with Crippen molar-refractivity contribution in [3.63, 3.8) is 0 Å². The zero-order chi connectivity index (χ0) is 15.6. The number of nitrogens with zero attached hydrogens (tertiary/aromatic N) is 1. The van der Waals surface area contributed by atoms with Gasteiger partial charge in [-0.05, 0) is 31.0 Å². The van der Waals surface area contributed by atoms with E-state index in [-0.39, 0.29) is 12.6 Å². The number of carbonyl (C=O) groups is 1. The molecule has 0 saturated heterocycles. The average molecular weight is 313 g/mol. The molecule has 0 bridgehead atoms. The summed E-state index contributed by atoms with van der Waals surface area (Å²) in [6, 6.07) is 2.61. The van der Waals surface area contributed by atoms with Gasteiger partial charge in [0, 0.05) is 0 Å². The number of imidazole rings is 1. The molecule has 2 aromatic rings. The zero-order valence-electron chi connectivity index (χ0n) is 11.3. The van der Waals surface area contributed by atoms with Gasteiger partial charge in [-0.2, -0.15) is 0 Å². The van der Waals surface area contributed by atoms with Crippen LogP contribution in [0, 0.1) is 0 Å². The molecular formula is C12H16N3O5P. The second-order valence-corrected chi connectivity index (χ2v) is 6.56. The molecule has 2 rings (SSSR count). The number of aryl methyl sites for hydroxylation is 1. The first kappa shape index (κ1) is 15.5. The number of carboxylic acids is 1. The van der Waals surface area contributed by atoms with Gasteiger partial charge in [-0.1, -0.05) is 0 Å². The number of aliphatic carboxylic acids is 1. The van der Waals surface area contributed by atoms with Crippen molar-refractivity contribution >= 4 is 30.3 Å². The second kappa shape index (κ2) is 5.85. The summed E-state index contributed by atoms with van der Waals surface area (Å²) >= 11 is 0. The average Bonchev–Trinajstić information content (AvgIpc) is 2.83. The van der Waals surface area contributed by atoms with Crippen LogP contribution in [0.15, 0.2) is 18.5 Å². The Morgan fingerprint density at radius 3 is 2.81 bits per heavy atom. The maximum atomic E-state index is 11.0. The molecule has 0 aliphatic rings. The number of aromatic amines is 1. The van der Waals surface area contributed by atoms with E-state index in [1.54, 1.807) is 12.1 Å². The smallest absolute Gasteiger partial charge is 0.325 e. The molecule has 0 radical (unpaired) electrons. The van der Waals surface area contributed by atoms with Gasteiger partial charge in [-0.15, -0.1) is 0 Å². The Hall–Kier alpha value is -1.89. The number of aromatic nitrogens is 2. The van der Waals surface area contributed by atoms with Crippen molar-refractivity contribution in [2.45, 2.75) is 19.4 Å². The SMILES string of the molecule is C[C@H](Nc1cc(CCP(=O)(O)O)cc2[nH]cnc12)C(=O)O. The number of nitrogens with one attached hydrogen (secondary N) is 2. The van der Waals surface area contributed by atoms with E-state index >= 15 is 0 Å². The topological polar surface area (TPSA) is 136 Å². The van der Waals surface area contributed by atoms with Crippen molar-refractivity contribution in [3.8, 4) is 0 Å². The fourth-order valence-corrected chi connectivity index (χ4v) is 2.48. The molecule has 0 amide bonds. The van der Waals surface area contributed by atoms with Crippen LogP contribution in [0.2, 0.25) is 0 Å². The lowest BCUT2D eigenvalue weighted by atomic mass is 10.1. The minimum atomic E-state index is -4.08. The van der Waals surface area contributed by atoms with Crippen LogP contribution >= 0.6 is 7.60 Å². The Bertz CT molecular complexity index is 708. The van der Waals surface area contributed by atoms with Crippen molar-refractivity contribution < 1.29 is 24.3 Å². The van der Waals surface area contributed by atoms with E-state index in [4.69, 9.17) is 14.9 Å². The number of benzene rings is 1. The number of H-pyrrole nitrogens is 1. The molecule has 5 N–H and O–H groups in total. The number of fused-ring (bicyclic) bond motifs is 1. The van der Waals surface area contributed by atoms with E-state index < -0.39 is 19.6 Å². The van der Waals surface area contributed by atoms with Gasteiger partial charge >= 0.3 is 13.6 Å². The molecule has 9 heteroatoms. The van der Waals surface area contributed by atoms with E-state index in [1.165, 1.54) is 13.3 Å². The standard InChI is InChI=1S/C12H16N3O5P/c1-7(12(16)17)15-10-5-8(2-3-21(18,19)20)4-9-11(10)14-6-13-9/h4-7,15H,2-3H2,1H3,(H,13,14)(H,16,17)(H2,18,19,20)/t7-/m0/s1. The van der Waals surface area contributed by atoms with Gasteiger partial charge in [0.25, 0.3) is 0 Å². The minimum absolute atomic E-state index is 0.190. The van der Waals surface area contributed by atoms with Crippen molar-refractivity contribution in [1.29, 1.82) is 0 Å². The zero-order valence-corrected chi connectivity index (χ0v) is 12.2. The molecular weight excluding hydrogens is 297 g/mol. The third kappa shape index (κ3) is 4.04. The Kier molecular flexibility index (Phi) is 4.32. The molecule has 1 atom stereocenters. The highest BCUT2D eigenvalue weighted by atomic mass is 31.2. The maximum Gasteiger partial charge on any atom is 0.325 e. The monoisotopic (exact) mass is 313 g/mol. The van der Waals surface area contributed by atoms with Gasteiger partial charge in [0.05, 0.1) is 23.7 Å². The van der Waals surface area contributed by atoms with Crippen molar-refractivity contribution in [2.75, 3.05) is 11.5 Å². The van der Waals surface area contributed by atoms with Gasteiger partial charge in [0.1, 0.15) is 11.6 Å². The number of hydrogen-bond donors (Lipinski definition) is 5. The molecule has 1 aromatic heterocycles. The first-order valence-corrected chi connectivity index (χ1v) is 8.06. The van der Waals surface area contributed by atoms with Gasteiger partial charge in [0.15, 0.2) is 0 Å². The Morgan fingerprint density at radius 2 is 2.19 bits per heavy atom. The van der Waals surface area contributed by atoms with Gasteiger partial charge in [-0.25, -0.2) is 4.98 Å². The van der Waals surface area contributed by atoms with Crippen LogP contribution in [0.1, 0.15) is 12.5 Å². The van der Waals surface area contributed by atoms with Gasteiger partial charge in [0.2, 0.25) is 0 Å². The van der Waals surface area contributed by atoms with Gasteiger partial charge < -0.3 is 25.2 Å². The van der Waals surface area contributed by atoms with Crippen LogP contribution in [0.5, 0.6) is 0 Å². The molecule has 0 aliphatic carbocycles. The van der Waals surface area contributed by atoms with Crippen LogP contribution in [0.3, 0.4) is 0 Å². The molecule has 0 unspecified atom stereocenters. The van der Waals surface area contributed by atoms with E-state index in [0.29, 0.717) is 22.3 Å². The molecule has 1 aromatic carbocycles. The summed E-state index contributed by atoms with van der Waals surface area (Å²) in [6.45, 7) is 1.50. The van der Waals surface area contributed by atoms with Crippen molar-refractivity contribution in [1.82, 2.24) is 9.97 Å². The fourth-order valence-electron chi connectivity index (χ4n) is 1.93. The normalized spacial score (nSPS) is 13.3. The van der Waals surface area contributed by atoms with Crippen molar-refractivity contribution in [2.24, 2.45) is 0 Å². The third-order valence-electron chi connectivity index (χ3n) is 3.02. The predicted octanol–water partition coefficient (Wildman–Crippen LogP) is 1.17. The largest absolute Gasteiger partial charge is 0.480 e. The van der Waals surface area contributed by atoms with E-state index in [1.807, 2.05) is 0 Å². The second-order valence-electron chi connectivity index (χ2n) is 4.78. The lowest BCUT2D eigenvalue weighted by molar-refractivity contribution is -0.137. The molecule has 8 nitrogen and oxygen atoms in total. The Morgan fingerprint density at radius 1 is 1.48 bits per heavy atom. The quantitative estimate of drug-likeness (QED) is 0.505. The number of anilines is 1. The summed E-state index contributed by atoms with van der Waals surface area (Å²) in [5.74, 6) is -1.00.